The summed E-state index contributed by atoms with van der Waals surface area (Å²) in [5.41, 5.74) is 6.50. The zero-order valence-corrected chi connectivity index (χ0v) is 9.28. The van der Waals surface area contributed by atoms with Crippen molar-refractivity contribution in [3.63, 3.8) is 0 Å². The second-order valence-corrected chi connectivity index (χ2v) is 3.15. The molecular formula is C11H16N2O2. The van der Waals surface area contributed by atoms with Crippen LogP contribution >= 0.6 is 0 Å². The third-order valence-corrected chi connectivity index (χ3v) is 1.96. The maximum absolute atomic E-state index is 5.46. The Morgan fingerprint density at radius 2 is 1.93 bits per heavy atom. The Kier molecular flexibility index (Phi) is 3.97. The lowest BCUT2D eigenvalue weighted by molar-refractivity contribution is 0.354. The highest BCUT2D eigenvalue weighted by Gasteiger charge is 2.03. The molecule has 2 N–H and O–H groups in total. The highest BCUT2D eigenvalue weighted by molar-refractivity contribution is 5.77. The number of nitrogens with two attached hydrogens (primary N) is 1. The van der Waals surface area contributed by atoms with Gasteiger partial charge >= 0.3 is 0 Å². The average molecular weight is 208 g/mol. The molecule has 0 unspecified atom stereocenters. The van der Waals surface area contributed by atoms with Crippen LogP contribution in [0.1, 0.15) is 12.5 Å². The summed E-state index contributed by atoms with van der Waals surface area (Å²) >= 11 is 0. The quantitative estimate of drug-likeness (QED) is 0.603. The molecule has 0 radical (unpaired) electrons. The summed E-state index contributed by atoms with van der Waals surface area (Å²) in [7, 11) is 3.22. The molecule has 82 valence electrons. The van der Waals surface area contributed by atoms with Crippen LogP contribution in [-0.2, 0) is 6.54 Å². The smallest absolute Gasteiger partial charge is 0.161 e. The number of amidine groups is 1. The van der Waals surface area contributed by atoms with Gasteiger partial charge < -0.3 is 15.2 Å². The molecule has 0 bridgehead atoms. The molecule has 4 heteroatoms. The molecule has 1 rings (SSSR count). The number of nitrogens with zero attached hydrogens (tertiary/aromatic N) is 1. The summed E-state index contributed by atoms with van der Waals surface area (Å²) in [6.45, 7) is 2.32. The molecule has 0 saturated heterocycles. The van der Waals surface area contributed by atoms with E-state index in [9.17, 15) is 0 Å². The summed E-state index contributed by atoms with van der Waals surface area (Å²) in [5, 5.41) is 0. The van der Waals surface area contributed by atoms with Gasteiger partial charge in [0.1, 0.15) is 0 Å². The molecular weight excluding hydrogens is 192 g/mol. The van der Waals surface area contributed by atoms with Gasteiger partial charge in [-0.15, -0.1) is 0 Å². The van der Waals surface area contributed by atoms with Crippen molar-refractivity contribution in [1.29, 1.82) is 0 Å². The normalized spacial score (nSPS) is 11.3. The number of hydrogen-bond acceptors (Lipinski definition) is 3. The molecule has 0 aromatic heterocycles. The van der Waals surface area contributed by atoms with Crippen molar-refractivity contribution in [2.24, 2.45) is 10.7 Å². The highest BCUT2D eigenvalue weighted by Crippen LogP contribution is 2.27. The Hall–Kier alpha value is -1.71. The molecule has 15 heavy (non-hydrogen) atoms. The van der Waals surface area contributed by atoms with Crippen LogP contribution in [0, 0.1) is 0 Å². The van der Waals surface area contributed by atoms with Crippen molar-refractivity contribution >= 4 is 5.84 Å². The SMILES string of the molecule is COc1ccc(CN=C(C)N)cc1OC. The molecule has 1 aromatic rings. The standard InChI is InChI=1S/C11H16N2O2/c1-8(12)13-7-9-4-5-10(14-2)11(6-9)15-3/h4-6H,7H2,1-3H3,(H2,12,13). The number of ether oxygens (including phenoxy) is 2. The van der Waals surface area contributed by atoms with Gasteiger partial charge in [0.25, 0.3) is 0 Å². The molecule has 4 nitrogen and oxygen atoms in total. The van der Waals surface area contributed by atoms with Crippen molar-refractivity contribution in [3.8, 4) is 11.5 Å². The Morgan fingerprint density at radius 1 is 1.27 bits per heavy atom. The van der Waals surface area contributed by atoms with E-state index in [1.54, 1.807) is 21.1 Å². The van der Waals surface area contributed by atoms with Gasteiger partial charge in [0.05, 0.1) is 26.6 Å². The van der Waals surface area contributed by atoms with Crippen LogP contribution in [0.3, 0.4) is 0 Å². The van der Waals surface area contributed by atoms with Crippen molar-refractivity contribution in [2.45, 2.75) is 13.5 Å². The fourth-order valence-corrected chi connectivity index (χ4v) is 1.19. The van der Waals surface area contributed by atoms with E-state index in [0.29, 0.717) is 18.1 Å². The Bertz CT molecular complexity index is 358. The van der Waals surface area contributed by atoms with Gasteiger partial charge in [-0.1, -0.05) is 6.07 Å². The second-order valence-electron chi connectivity index (χ2n) is 3.15. The third kappa shape index (κ3) is 3.16. The number of aliphatic imine (C=N–C) groups is 1. The molecule has 0 spiro atoms. The van der Waals surface area contributed by atoms with Crippen LogP contribution in [0.25, 0.3) is 0 Å². The van der Waals surface area contributed by atoms with E-state index < -0.39 is 0 Å². The molecule has 1 aromatic carbocycles. The predicted molar refractivity (Wildman–Crippen MR) is 60.5 cm³/mol. The lowest BCUT2D eigenvalue weighted by atomic mass is 10.2. The zero-order valence-electron chi connectivity index (χ0n) is 9.28. The van der Waals surface area contributed by atoms with Crippen molar-refractivity contribution in [2.75, 3.05) is 14.2 Å². The first-order valence-electron chi connectivity index (χ1n) is 4.64. The first-order chi connectivity index (χ1) is 7.17. The van der Waals surface area contributed by atoms with Crippen molar-refractivity contribution in [1.82, 2.24) is 0 Å². The lowest BCUT2D eigenvalue weighted by Gasteiger charge is -2.08. The van der Waals surface area contributed by atoms with Crippen molar-refractivity contribution < 1.29 is 9.47 Å². The molecule has 0 heterocycles. The molecule has 0 atom stereocenters. The fourth-order valence-electron chi connectivity index (χ4n) is 1.19. The minimum Gasteiger partial charge on any atom is -0.493 e. The van der Waals surface area contributed by atoms with Crippen LogP contribution in [0.15, 0.2) is 23.2 Å². The molecule has 0 aliphatic heterocycles. The topological polar surface area (TPSA) is 56.8 Å². The summed E-state index contributed by atoms with van der Waals surface area (Å²) < 4.78 is 10.3. The average Bonchev–Trinajstić information content (AvgIpc) is 2.25. The third-order valence-electron chi connectivity index (χ3n) is 1.96. The van der Waals surface area contributed by atoms with Gasteiger partial charge in [-0.3, -0.25) is 4.99 Å². The largest absolute Gasteiger partial charge is 0.493 e. The molecule has 0 fully saturated rings. The Morgan fingerprint density at radius 3 is 2.47 bits per heavy atom. The monoisotopic (exact) mass is 208 g/mol. The summed E-state index contributed by atoms with van der Waals surface area (Å²) in [6, 6.07) is 5.69. The minimum atomic E-state index is 0.558. The zero-order chi connectivity index (χ0) is 11.3. The van der Waals surface area contributed by atoms with E-state index in [0.717, 1.165) is 11.3 Å². The first-order valence-corrected chi connectivity index (χ1v) is 4.64. The summed E-state index contributed by atoms with van der Waals surface area (Å²) in [6.07, 6.45) is 0. The van der Waals surface area contributed by atoms with Gasteiger partial charge in [-0.05, 0) is 24.6 Å². The number of benzene rings is 1. The van der Waals surface area contributed by atoms with Gasteiger partial charge in [-0.25, -0.2) is 0 Å². The van der Waals surface area contributed by atoms with Crippen LogP contribution in [0.2, 0.25) is 0 Å². The molecule has 0 saturated carbocycles. The minimum absolute atomic E-state index is 0.558. The summed E-state index contributed by atoms with van der Waals surface area (Å²) in [4.78, 5) is 4.12. The van der Waals surface area contributed by atoms with Gasteiger partial charge in [-0.2, -0.15) is 0 Å². The number of rotatable bonds is 4. The number of hydrogen-bond donors (Lipinski definition) is 1. The molecule has 0 aliphatic rings. The van der Waals surface area contributed by atoms with E-state index in [1.165, 1.54) is 0 Å². The highest BCUT2D eigenvalue weighted by atomic mass is 16.5. The van der Waals surface area contributed by atoms with Crippen molar-refractivity contribution in [3.05, 3.63) is 23.8 Å². The maximum Gasteiger partial charge on any atom is 0.161 e. The van der Waals surface area contributed by atoms with Crippen LogP contribution in [0.5, 0.6) is 11.5 Å². The first kappa shape index (κ1) is 11.4. The van der Waals surface area contributed by atoms with Crippen LogP contribution in [-0.4, -0.2) is 20.1 Å². The summed E-state index contributed by atoms with van der Waals surface area (Å²) in [5.74, 6) is 2.00. The maximum atomic E-state index is 5.46. The van der Waals surface area contributed by atoms with E-state index in [1.807, 2.05) is 18.2 Å². The van der Waals surface area contributed by atoms with E-state index >= 15 is 0 Å². The molecule has 0 aliphatic carbocycles. The van der Waals surface area contributed by atoms with Gasteiger partial charge in [0.2, 0.25) is 0 Å². The van der Waals surface area contributed by atoms with Crippen LogP contribution in [0.4, 0.5) is 0 Å². The molecule has 0 amide bonds. The van der Waals surface area contributed by atoms with E-state index in [4.69, 9.17) is 15.2 Å². The number of methoxy groups -OCH3 is 2. The van der Waals surface area contributed by atoms with Crippen LogP contribution < -0.4 is 15.2 Å². The lowest BCUT2D eigenvalue weighted by Crippen LogP contribution is -2.05. The fraction of sp³-hybridized carbons (Fsp3) is 0.364. The Labute approximate surface area is 89.7 Å². The van der Waals surface area contributed by atoms with Gasteiger partial charge in [0, 0.05) is 0 Å². The van der Waals surface area contributed by atoms with Gasteiger partial charge in [0.15, 0.2) is 11.5 Å². The van der Waals surface area contributed by atoms with E-state index in [2.05, 4.69) is 4.99 Å². The van der Waals surface area contributed by atoms with E-state index in [-0.39, 0.29) is 0 Å². The Balaban J connectivity index is 2.88. The predicted octanol–water partition coefficient (Wildman–Crippen LogP) is 1.58. The second kappa shape index (κ2) is 5.24.